The average Bonchev–Trinajstić information content (AvgIpc) is 2.43. The van der Waals surface area contributed by atoms with Crippen LogP contribution in [0.1, 0.15) is 30.7 Å². The van der Waals surface area contributed by atoms with Crippen LogP contribution in [0.2, 0.25) is 0 Å². The summed E-state index contributed by atoms with van der Waals surface area (Å²) in [6.07, 6.45) is 1.79. The van der Waals surface area contributed by atoms with Crippen molar-refractivity contribution in [3.63, 3.8) is 0 Å². The summed E-state index contributed by atoms with van der Waals surface area (Å²) in [5, 5.41) is 3.39. The van der Waals surface area contributed by atoms with Gasteiger partial charge >= 0.3 is 0 Å². The summed E-state index contributed by atoms with van der Waals surface area (Å²) in [5.41, 5.74) is 3.51. The second kappa shape index (κ2) is 7.23. The molecule has 0 aliphatic rings. The summed E-state index contributed by atoms with van der Waals surface area (Å²) < 4.78 is 5.91. The highest BCUT2D eigenvalue weighted by Gasteiger charge is 2.02. The van der Waals surface area contributed by atoms with Crippen LogP contribution in [0, 0.1) is 19.8 Å². The molecule has 1 heterocycles. The van der Waals surface area contributed by atoms with E-state index in [9.17, 15) is 0 Å². The first-order chi connectivity index (χ1) is 10.0. The number of rotatable bonds is 6. The van der Waals surface area contributed by atoms with E-state index < -0.39 is 0 Å². The zero-order chi connectivity index (χ0) is 15.2. The smallest absolute Gasteiger partial charge is 0.130 e. The minimum Gasteiger partial charge on any atom is -0.457 e. The van der Waals surface area contributed by atoms with Gasteiger partial charge in [0.1, 0.15) is 11.5 Å². The zero-order valence-electron chi connectivity index (χ0n) is 13.3. The maximum Gasteiger partial charge on any atom is 0.130 e. The largest absolute Gasteiger partial charge is 0.457 e. The maximum atomic E-state index is 5.91. The standard InChI is InChI=1S/C18H24N2O/c1-13(2)11-19-12-16-10-18(7-8-20-16)21-17-6-5-14(3)15(4)9-17/h5-10,13,19H,11-12H2,1-4H3. The third kappa shape index (κ3) is 4.87. The Bertz CT molecular complexity index is 594. The highest BCUT2D eigenvalue weighted by molar-refractivity contribution is 5.37. The molecule has 0 bridgehead atoms. The van der Waals surface area contributed by atoms with Gasteiger partial charge in [-0.1, -0.05) is 19.9 Å². The average molecular weight is 284 g/mol. The van der Waals surface area contributed by atoms with Gasteiger partial charge in [-0.3, -0.25) is 4.98 Å². The van der Waals surface area contributed by atoms with Crippen molar-refractivity contribution in [2.45, 2.75) is 34.2 Å². The number of hydrogen-bond acceptors (Lipinski definition) is 3. The van der Waals surface area contributed by atoms with Gasteiger partial charge in [0.05, 0.1) is 5.69 Å². The summed E-state index contributed by atoms with van der Waals surface area (Å²) in [5.74, 6) is 2.33. The number of aromatic nitrogens is 1. The summed E-state index contributed by atoms with van der Waals surface area (Å²) in [7, 11) is 0. The van der Waals surface area contributed by atoms with E-state index >= 15 is 0 Å². The fourth-order valence-corrected chi connectivity index (χ4v) is 2.02. The van der Waals surface area contributed by atoms with Crippen LogP contribution in [0.15, 0.2) is 36.5 Å². The Labute approximate surface area is 127 Å². The van der Waals surface area contributed by atoms with Crippen molar-refractivity contribution in [1.82, 2.24) is 10.3 Å². The Morgan fingerprint density at radius 1 is 1.05 bits per heavy atom. The molecule has 0 fully saturated rings. The predicted octanol–water partition coefficient (Wildman–Crippen LogP) is 4.24. The molecule has 1 N–H and O–H groups in total. The molecule has 21 heavy (non-hydrogen) atoms. The molecule has 1 aromatic heterocycles. The van der Waals surface area contributed by atoms with Crippen LogP contribution in [-0.2, 0) is 6.54 Å². The molecule has 0 atom stereocenters. The molecular formula is C18H24N2O. The Balaban J connectivity index is 2.01. The van der Waals surface area contributed by atoms with Crippen LogP contribution in [0.4, 0.5) is 0 Å². The van der Waals surface area contributed by atoms with E-state index in [1.807, 2.05) is 18.2 Å². The molecular weight excluding hydrogens is 260 g/mol. The first-order valence-electron chi connectivity index (χ1n) is 7.45. The number of ether oxygens (including phenoxy) is 1. The Hall–Kier alpha value is -1.87. The summed E-state index contributed by atoms with van der Waals surface area (Å²) in [4.78, 5) is 4.37. The van der Waals surface area contributed by atoms with Gasteiger partial charge in [-0.05, 0) is 55.6 Å². The van der Waals surface area contributed by atoms with E-state index in [4.69, 9.17) is 4.74 Å². The number of nitrogens with one attached hydrogen (secondary N) is 1. The molecule has 0 spiro atoms. The van der Waals surface area contributed by atoms with E-state index in [0.29, 0.717) is 5.92 Å². The van der Waals surface area contributed by atoms with Gasteiger partial charge in [-0.25, -0.2) is 0 Å². The minimum atomic E-state index is 0.639. The van der Waals surface area contributed by atoms with Gasteiger partial charge in [0.25, 0.3) is 0 Å². The lowest BCUT2D eigenvalue weighted by Gasteiger charge is -2.10. The van der Waals surface area contributed by atoms with Crippen molar-refractivity contribution < 1.29 is 4.74 Å². The van der Waals surface area contributed by atoms with Crippen LogP contribution in [0.25, 0.3) is 0 Å². The van der Waals surface area contributed by atoms with E-state index in [-0.39, 0.29) is 0 Å². The summed E-state index contributed by atoms with van der Waals surface area (Å²) >= 11 is 0. The quantitative estimate of drug-likeness (QED) is 0.861. The first-order valence-corrected chi connectivity index (χ1v) is 7.45. The molecule has 3 heteroatoms. The van der Waals surface area contributed by atoms with Crippen LogP contribution in [0.5, 0.6) is 11.5 Å². The molecule has 0 saturated carbocycles. The van der Waals surface area contributed by atoms with Gasteiger partial charge in [0, 0.05) is 18.8 Å². The monoisotopic (exact) mass is 284 g/mol. The molecule has 0 unspecified atom stereocenters. The normalized spacial score (nSPS) is 10.9. The summed E-state index contributed by atoms with van der Waals surface area (Å²) in [6, 6.07) is 10.0. The predicted molar refractivity (Wildman–Crippen MR) is 86.8 cm³/mol. The topological polar surface area (TPSA) is 34.1 Å². The molecule has 0 aliphatic heterocycles. The molecule has 112 valence electrons. The fraction of sp³-hybridized carbons (Fsp3) is 0.389. The number of benzene rings is 1. The third-order valence-electron chi connectivity index (χ3n) is 3.36. The highest BCUT2D eigenvalue weighted by atomic mass is 16.5. The lowest BCUT2D eigenvalue weighted by Crippen LogP contribution is -2.19. The van der Waals surface area contributed by atoms with Crippen LogP contribution < -0.4 is 10.1 Å². The molecule has 0 saturated heterocycles. The van der Waals surface area contributed by atoms with Gasteiger partial charge < -0.3 is 10.1 Å². The molecule has 0 aliphatic carbocycles. The number of aryl methyl sites for hydroxylation is 2. The minimum absolute atomic E-state index is 0.639. The molecule has 2 aromatic rings. The second-order valence-corrected chi connectivity index (χ2v) is 5.86. The molecule has 2 rings (SSSR count). The molecule has 3 nitrogen and oxygen atoms in total. The van der Waals surface area contributed by atoms with Crippen molar-refractivity contribution >= 4 is 0 Å². The Morgan fingerprint density at radius 3 is 2.52 bits per heavy atom. The van der Waals surface area contributed by atoms with E-state index in [0.717, 1.165) is 30.3 Å². The lowest BCUT2D eigenvalue weighted by atomic mass is 10.1. The zero-order valence-corrected chi connectivity index (χ0v) is 13.3. The fourth-order valence-electron chi connectivity index (χ4n) is 2.02. The van der Waals surface area contributed by atoms with E-state index in [1.165, 1.54) is 11.1 Å². The second-order valence-electron chi connectivity index (χ2n) is 5.86. The van der Waals surface area contributed by atoms with Crippen LogP contribution >= 0.6 is 0 Å². The van der Waals surface area contributed by atoms with E-state index in [1.54, 1.807) is 6.20 Å². The first kappa shape index (κ1) is 15.5. The SMILES string of the molecule is Cc1ccc(Oc2ccnc(CNCC(C)C)c2)cc1C. The van der Waals surface area contributed by atoms with Gasteiger partial charge in [0.15, 0.2) is 0 Å². The van der Waals surface area contributed by atoms with Gasteiger partial charge in [0.2, 0.25) is 0 Å². The van der Waals surface area contributed by atoms with Gasteiger partial charge in [-0.2, -0.15) is 0 Å². The van der Waals surface area contributed by atoms with Crippen molar-refractivity contribution in [3.05, 3.63) is 53.3 Å². The van der Waals surface area contributed by atoms with Crippen molar-refractivity contribution in [2.24, 2.45) is 5.92 Å². The maximum absolute atomic E-state index is 5.91. The number of hydrogen-bond donors (Lipinski definition) is 1. The van der Waals surface area contributed by atoms with E-state index in [2.05, 4.69) is 50.1 Å². The van der Waals surface area contributed by atoms with Crippen molar-refractivity contribution in [1.29, 1.82) is 0 Å². The third-order valence-corrected chi connectivity index (χ3v) is 3.36. The molecule has 0 radical (unpaired) electrons. The van der Waals surface area contributed by atoms with Crippen LogP contribution in [0.3, 0.4) is 0 Å². The Morgan fingerprint density at radius 2 is 1.81 bits per heavy atom. The Kier molecular flexibility index (Phi) is 5.34. The highest BCUT2D eigenvalue weighted by Crippen LogP contribution is 2.23. The van der Waals surface area contributed by atoms with Crippen molar-refractivity contribution in [2.75, 3.05) is 6.54 Å². The van der Waals surface area contributed by atoms with Gasteiger partial charge in [-0.15, -0.1) is 0 Å². The van der Waals surface area contributed by atoms with Crippen LogP contribution in [-0.4, -0.2) is 11.5 Å². The summed E-state index contributed by atoms with van der Waals surface area (Å²) in [6.45, 7) is 10.3. The number of nitrogens with zero attached hydrogens (tertiary/aromatic N) is 1. The molecule has 0 amide bonds. The number of pyridine rings is 1. The van der Waals surface area contributed by atoms with Crippen molar-refractivity contribution in [3.8, 4) is 11.5 Å². The lowest BCUT2D eigenvalue weighted by molar-refractivity contribution is 0.479. The molecule has 1 aromatic carbocycles.